The fraction of sp³-hybridized carbons (Fsp3) is 0.192. The number of para-hydroxylation sites is 1. The molecular weight excluding hydrogens is 446 g/mol. The van der Waals surface area contributed by atoms with Crippen LogP contribution in [0.4, 0.5) is 5.69 Å². The number of hydrogen-bond acceptors (Lipinski definition) is 7. The molecule has 1 aliphatic rings. The molecule has 0 radical (unpaired) electrons. The predicted molar refractivity (Wildman–Crippen MR) is 136 cm³/mol. The number of rotatable bonds is 8. The fourth-order valence-corrected chi connectivity index (χ4v) is 4.55. The average molecular weight is 472 g/mol. The maximum absolute atomic E-state index is 12.9. The molecule has 34 heavy (non-hydrogen) atoms. The standard InChI is InChI=1S/C26H25N5O2S/c1-2-3-6-17-33-22-15-11-19(12-16-22)25-18-27-31(34-25)21-13-9-20(10-14-21)26(32)30-24-8-5-4-7-23(24)28-29-30/h4-5,7-16,18,27H,2-3,6,17H2,1H3. The Morgan fingerprint density at radius 1 is 1.00 bits per heavy atom. The third-order valence-corrected chi connectivity index (χ3v) is 6.60. The first-order chi connectivity index (χ1) is 16.7. The lowest BCUT2D eigenvalue weighted by atomic mass is 10.2. The molecule has 1 N–H and O–H groups in total. The molecule has 0 saturated heterocycles. The molecule has 5 rings (SSSR count). The zero-order chi connectivity index (χ0) is 23.3. The van der Waals surface area contributed by atoms with Crippen molar-refractivity contribution in [2.24, 2.45) is 0 Å². The number of hydrazine groups is 1. The molecule has 172 valence electrons. The average Bonchev–Trinajstić information content (AvgIpc) is 3.55. The van der Waals surface area contributed by atoms with Crippen LogP contribution in [0.2, 0.25) is 0 Å². The highest BCUT2D eigenvalue weighted by Gasteiger charge is 2.19. The summed E-state index contributed by atoms with van der Waals surface area (Å²) in [7, 11) is 0. The molecule has 0 spiro atoms. The van der Waals surface area contributed by atoms with E-state index in [1.807, 2.05) is 59.1 Å². The molecule has 0 aliphatic carbocycles. The molecule has 1 aliphatic heterocycles. The van der Waals surface area contributed by atoms with Crippen LogP contribution in [0.5, 0.6) is 5.75 Å². The van der Waals surface area contributed by atoms with Crippen LogP contribution in [0.15, 0.2) is 79.0 Å². The largest absolute Gasteiger partial charge is 0.494 e. The van der Waals surface area contributed by atoms with E-state index >= 15 is 0 Å². The second kappa shape index (κ2) is 10.0. The van der Waals surface area contributed by atoms with E-state index in [1.165, 1.54) is 17.5 Å². The van der Waals surface area contributed by atoms with Crippen LogP contribution in [-0.4, -0.2) is 27.5 Å². The van der Waals surface area contributed by atoms with Crippen molar-refractivity contribution in [3.05, 3.63) is 90.1 Å². The Balaban J connectivity index is 1.21. The van der Waals surface area contributed by atoms with Crippen molar-refractivity contribution in [3.63, 3.8) is 0 Å². The van der Waals surface area contributed by atoms with Gasteiger partial charge in [0.25, 0.3) is 5.91 Å². The van der Waals surface area contributed by atoms with Gasteiger partial charge in [-0.25, -0.2) is 4.41 Å². The molecular formula is C26H25N5O2S. The summed E-state index contributed by atoms with van der Waals surface area (Å²) in [5.41, 5.74) is 7.26. The van der Waals surface area contributed by atoms with E-state index in [-0.39, 0.29) is 5.91 Å². The minimum Gasteiger partial charge on any atom is -0.494 e. The molecule has 0 atom stereocenters. The summed E-state index contributed by atoms with van der Waals surface area (Å²) < 4.78 is 9.11. The van der Waals surface area contributed by atoms with Gasteiger partial charge in [-0.1, -0.05) is 49.2 Å². The summed E-state index contributed by atoms with van der Waals surface area (Å²) in [5.74, 6) is 0.687. The Morgan fingerprint density at radius 3 is 2.59 bits per heavy atom. The van der Waals surface area contributed by atoms with Crippen molar-refractivity contribution in [2.45, 2.75) is 26.2 Å². The molecule has 0 amide bonds. The zero-order valence-corrected chi connectivity index (χ0v) is 19.7. The van der Waals surface area contributed by atoms with Gasteiger partial charge in [0.15, 0.2) is 0 Å². The summed E-state index contributed by atoms with van der Waals surface area (Å²) in [6.45, 7) is 2.94. The van der Waals surface area contributed by atoms with E-state index in [4.69, 9.17) is 4.74 Å². The molecule has 2 heterocycles. The normalized spacial score (nSPS) is 13.1. The number of aromatic nitrogens is 3. The third kappa shape index (κ3) is 4.63. The summed E-state index contributed by atoms with van der Waals surface area (Å²) in [4.78, 5) is 14.0. The number of nitrogens with zero attached hydrogens (tertiary/aromatic N) is 4. The van der Waals surface area contributed by atoms with Crippen molar-refractivity contribution in [1.82, 2.24) is 20.4 Å². The number of ether oxygens (including phenoxy) is 1. The molecule has 3 aromatic carbocycles. The monoisotopic (exact) mass is 471 g/mol. The number of anilines is 1. The van der Waals surface area contributed by atoms with Gasteiger partial charge in [-0.05, 0) is 60.5 Å². The van der Waals surface area contributed by atoms with Gasteiger partial charge in [-0.15, -0.1) is 5.10 Å². The summed E-state index contributed by atoms with van der Waals surface area (Å²) in [6, 6.07) is 23.0. The number of carbonyl (C=O) groups is 1. The van der Waals surface area contributed by atoms with Crippen molar-refractivity contribution in [2.75, 3.05) is 11.0 Å². The SMILES string of the molecule is CCCCCOc1ccc(C2=CNN(c3ccc(C(=O)n4nnc5ccccc54)cc3)S2)cc1. The van der Waals surface area contributed by atoms with Gasteiger partial charge in [-0.2, -0.15) is 4.68 Å². The van der Waals surface area contributed by atoms with Crippen LogP contribution in [0, 0.1) is 0 Å². The topological polar surface area (TPSA) is 72.3 Å². The molecule has 1 aromatic heterocycles. The third-order valence-electron chi connectivity index (χ3n) is 5.55. The molecule has 0 unspecified atom stereocenters. The van der Waals surface area contributed by atoms with Crippen molar-refractivity contribution in [3.8, 4) is 5.75 Å². The molecule has 0 saturated carbocycles. The minimum atomic E-state index is -0.210. The Morgan fingerprint density at radius 2 is 1.79 bits per heavy atom. The molecule has 0 bridgehead atoms. The van der Waals surface area contributed by atoms with E-state index in [2.05, 4.69) is 34.8 Å². The van der Waals surface area contributed by atoms with Crippen molar-refractivity contribution in [1.29, 1.82) is 0 Å². The summed E-state index contributed by atoms with van der Waals surface area (Å²) in [6.07, 6.45) is 5.44. The van der Waals surface area contributed by atoms with E-state index in [1.54, 1.807) is 24.1 Å². The quantitative estimate of drug-likeness (QED) is 0.263. The highest BCUT2D eigenvalue weighted by molar-refractivity contribution is 8.09. The maximum Gasteiger partial charge on any atom is 0.280 e. The Hall–Kier alpha value is -3.78. The zero-order valence-electron chi connectivity index (χ0n) is 18.8. The van der Waals surface area contributed by atoms with Crippen LogP contribution in [0.1, 0.15) is 42.1 Å². The van der Waals surface area contributed by atoms with Crippen molar-refractivity contribution < 1.29 is 9.53 Å². The molecule has 7 nitrogen and oxygen atoms in total. The molecule has 8 heteroatoms. The number of carbonyl (C=O) groups excluding carboxylic acids is 1. The number of fused-ring (bicyclic) bond motifs is 1. The van der Waals surface area contributed by atoms with Gasteiger partial charge in [0.1, 0.15) is 11.3 Å². The first-order valence-electron chi connectivity index (χ1n) is 11.4. The van der Waals surface area contributed by atoms with Gasteiger partial charge in [0.05, 0.1) is 22.7 Å². The van der Waals surface area contributed by atoms with Crippen LogP contribution in [0.3, 0.4) is 0 Å². The van der Waals surface area contributed by atoms with Gasteiger partial charge < -0.3 is 4.74 Å². The van der Waals surface area contributed by atoms with E-state index in [0.29, 0.717) is 16.6 Å². The lowest BCUT2D eigenvalue weighted by Gasteiger charge is -2.17. The van der Waals surface area contributed by atoms with Crippen LogP contribution < -0.4 is 14.6 Å². The maximum atomic E-state index is 12.9. The van der Waals surface area contributed by atoms with E-state index in [9.17, 15) is 4.79 Å². The van der Waals surface area contributed by atoms with Gasteiger partial charge in [0.2, 0.25) is 0 Å². The van der Waals surface area contributed by atoms with Crippen LogP contribution >= 0.6 is 11.9 Å². The smallest absolute Gasteiger partial charge is 0.280 e. The number of benzene rings is 3. The first-order valence-corrected chi connectivity index (χ1v) is 12.1. The Bertz CT molecular complexity index is 1320. The lowest BCUT2D eigenvalue weighted by molar-refractivity contribution is 0.0948. The Labute approximate surface area is 202 Å². The van der Waals surface area contributed by atoms with Crippen molar-refractivity contribution >= 4 is 39.5 Å². The van der Waals surface area contributed by atoms with E-state index < -0.39 is 0 Å². The number of unbranched alkanes of at least 4 members (excludes halogenated alkanes) is 2. The molecule has 4 aromatic rings. The summed E-state index contributed by atoms with van der Waals surface area (Å²) in [5, 5.41) is 8.08. The Kier molecular flexibility index (Phi) is 6.49. The van der Waals surface area contributed by atoms with Gasteiger partial charge >= 0.3 is 0 Å². The first kappa shape index (κ1) is 22.0. The highest BCUT2D eigenvalue weighted by Crippen LogP contribution is 2.37. The van der Waals surface area contributed by atoms with E-state index in [0.717, 1.165) is 34.9 Å². The van der Waals surface area contributed by atoms with Gasteiger partial charge in [0, 0.05) is 23.7 Å². The second-order valence-corrected chi connectivity index (χ2v) is 8.93. The second-order valence-electron chi connectivity index (χ2n) is 7.95. The number of hydrogen-bond donors (Lipinski definition) is 1. The fourth-order valence-electron chi connectivity index (χ4n) is 3.67. The van der Waals surface area contributed by atoms with Crippen LogP contribution in [-0.2, 0) is 0 Å². The molecule has 0 fully saturated rings. The van der Waals surface area contributed by atoms with Crippen LogP contribution in [0.25, 0.3) is 15.9 Å². The van der Waals surface area contributed by atoms with Gasteiger partial charge in [-0.3, -0.25) is 10.2 Å². The lowest BCUT2D eigenvalue weighted by Crippen LogP contribution is -2.22. The summed E-state index contributed by atoms with van der Waals surface area (Å²) >= 11 is 1.59. The predicted octanol–water partition coefficient (Wildman–Crippen LogP) is 5.66. The highest BCUT2D eigenvalue weighted by atomic mass is 32.2. The minimum absolute atomic E-state index is 0.210. The number of nitrogens with one attached hydrogen (secondary N) is 1.